The van der Waals surface area contributed by atoms with Crippen LogP contribution in [-0.2, 0) is 35.3 Å². The second-order valence-electron chi connectivity index (χ2n) is 0.986. The summed E-state index contributed by atoms with van der Waals surface area (Å²) in [6.07, 6.45) is 0. The molecule has 0 aromatic heterocycles. The molecule has 0 saturated carbocycles. The number of halogens is 4. The van der Waals surface area contributed by atoms with Gasteiger partial charge >= 0.3 is 25.8 Å². The molecule has 0 atom stereocenters. The summed E-state index contributed by atoms with van der Waals surface area (Å²) in [5, 5.41) is 0. The van der Waals surface area contributed by atoms with Crippen molar-refractivity contribution in [1.29, 1.82) is 0 Å². The Balaban J connectivity index is -0.0000000125. The topological polar surface area (TPSA) is 18.5 Å². The third-order valence-electron chi connectivity index (χ3n) is 0.492. The maximum Gasteiger partial charge on any atom is 4.00 e. The fourth-order valence-corrected chi connectivity index (χ4v) is 0.167. The Hall–Kier alpha value is 1.95. The van der Waals surface area contributed by atoms with Gasteiger partial charge in [0.1, 0.15) is 0 Å². The van der Waals surface area contributed by atoms with Crippen molar-refractivity contribution in [2.45, 2.75) is 0 Å². The van der Waals surface area contributed by atoms with Gasteiger partial charge in [0.15, 0.2) is 0 Å². The molecule has 0 N–H and O–H groups in total. The molecule has 0 spiro atoms. The first kappa shape index (κ1) is 38.3. The van der Waals surface area contributed by atoms with Crippen molar-refractivity contribution < 1.29 is 84.9 Å². The molecule has 0 amide bonds. The van der Waals surface area contributed by atoms with E-state index in [1.165, 1.54) is 0 Å². The molecule has 0 aliphatic carbocycles. The van der Waals surface area contributed by atoms with Crippen molar-refractivity contribution in [3.05, 3.63) is 0 Å². The predicted molar refractivity (Wildman–Crippen MR) is 23.8 cm³/mol. The number of hydrogen-bond acceptors (Lipinski definition) is 2. The Morgan fingerprint density at radius 1 is 0.727 bits per heavy atom. The maximum atomic E-state index is 4.66. The first-order chi connectivity index (χ1) is 2.91. The van der Waals surface area contributed by atoms with Crippen LogP contribution < -0.4 is 49.6 Å². The third-order valence-corrected chi connectivity index (χ3v) is 0.492. The average molecular weight is 410 g/mol. The molecule has 0 unspecified atom stereocenters. The van der Waals surface area contributed by atoms with E-state index in [0.29, 0.717) is 13.2 Å². The van der Waals surface area contributed by atoms with Crippen LogP contribution in [0.5, 0.6) is 0 Å². The second-order valence-corrected chi connectivity index (χ2v) is 0.986. The van der Waals surface area contributed by atoms with Crippen LogP contribution in [0.25, 0.3) is 0 Å². The first-order valence-electron chi connectivity index (χ1n) is 1.89. The van der Waals surface area contributed by atoms with E-state index in [1.54, 1.807) is 14.2 Å². The number of ether oxygens (including phenoxy) is 2. The number of hydrogen-bond donors (Lipinski definition) is 0. The molecular weight excluding hydrogens is 400 g/mol. The van der Waals surface area contributed by atoms with Crippen LogP contribution in [-0.4, -0.2) is 27.4 Å². The largest absolute Gasteiger partial charge is 4.00 e. The molecule has 0 radical (unpaired) electrons. The van der Waals surface area contributed by atoms with Crippen molar-refractivity contribution in [1.82, 2.24) is 0 Å². The zero-order valence-electron chi connectivity index (χ0n) is 6.24. The number of methoxy groups -OCH3 is 2. The third kappa shape index (κ3) is 48.3. The van der Waals surface area contributed by atoms with Gasteiger partial charge in [-0.25, -0.2) is 0 Å². The van der Waals surface area contributed by atoms with Gasteiger partial charge in [-0.1, -0.05) is 0 Å². The van der Waals surface area contributed by atoms with E-state index < -0.39 is 0 Å². The van der Waals surface area contributed by atoms with E-state index in [9.17, 15) is 0 Å². The zero-order chi connectivity index (χ0) is 4.83. The zero-order valence-corrected chi connectivity index (χ0v) is 12.9. The van der Waals surface area contributed by atoms with E-state index in [-0.39, 0.29) is 75.5 Å². The Morgan fingerprint density at radius 2 is 0.909 bits per heavy atom. The summed E-state index contributed by atoms with van der Waals surface area (Å²) in [5.41, 5.74) is 0. The van der Waals surface area contributed by atoms with Crippen LogP contribution in [0.1, 0.15) is 0 Å². The molecule has 0 saturated heterocycles. The van der Waals surface area contributed by atoms with E-state index in [2.05, 4.69) is 9.47 Å². The van der Waals surface area contributed by atoms with Crippen molar-refractivity contribution in [2.24, 2.45) is 0 Å². The van der Waals surface area contributed by atoms with Crippen molar-refractivity contribution in [3.63, 3.8) is 0 Å². The van der Waals surface area contributed by atoms with Gasteiger partial charge in [-0.05, 0) is 0 Å². The number of rotatable bonds is 3. The maximum absolute atomic E-state index is 4.66. The van der Waals surface area contributed by atoms with Crippen LogP contribution in [0.4, 0.5) is 0 Å². The smallest absolute Gasteiger partial charge is 1.00 e. The summed E-state index contributed by atoms with van der Waals surface area (Å²) in [6, 6.07) is 0. The van der Waals surface area contributed by atoms with Gasteiger partial charge in [-0.3, -0.25) is 0 Å². The van der Waals surface area contributed by atoms with Gasteiger partial charge in [0.2, 0.25) is 0 Å². The van der Waals surface area contributed by atoms with Gasteiger partial charge in [0.25, 0.3) is 0 Å². The minimum atomic E-state index is 0. The minimum absolute atomic E-state index is 0. The minimum Gasteiger partial charge on any atom is -1.00 e. The van der Waals surface area contributed by atoms with Crippen molar-refractivity contribution >= 4 is 0 Å². The molecule has 0 rings (SSSR count). The van der Waals surface area contributed by atoms with Crippen molar-refractivity contribution in [3.8, 4) is 0 Å². The van der Waals surface area contributed by atoms with E-state index in [0.717, 1.165) is 0 Å². The van der Waals surface area contributed by atoms with Crippen LogP contribution >= 0.6 is 0 Å². The van der Waals surface area contributed by atoms with Crippen LogP contribution in [0.15, 0.2) is 0 Å². The van der Waals surface area contributed by atoms with Crippen LogP contribution in [0.3, 0.4) is 0 Å². The average Bonchev–Trinajstić information content (AvgIpc) is 1.61. The van der Waals surface area contributed by atoms with Gasteiger partial charge in [0, 0.05) is 14.2 Å². The van der Waals surface area contributed by atoms with E-state index in [1.807, 2.05) is 0 Å². The normalized spacial score (nSPS) is 4.91. The fraction of sp³-hybridized carbons (Fsp3) is 1.00. The van der Waals surface area contributed by atoms with Crippen molar-refractivity contribution in [2.75, 3.05) is 27.4 Å². The molecular formula is C4H10Cl4HfO2. The van der Waals surface area contributed by atoms with E-state index >= 15 is 0 Å². The molecule has 70 valence electrons. The summed E-state index contributed by atoms with van der Waals surface area (Å²) in [6.45, 7) is 1.38. The van der Waals surface area contributed by atoms with E-state index in [4.69, 9.17) is 0 Å². The molecule has 0 heterocycles. The Kier molecular flexibility index (Phi) is 141. The summed E-state index contributed by atoms with van der Waals surface area (Å²) in [5.74, 6) is 0. The fourth-order valence-electron chi connectivity index (χ4n) is 0.167. The Labute approximate surface area is 112 Å². The SMILES string of the molecule is COCCOC.[Cl-].[Cl-].[Cl-].[Cl-].[Hf+4]. The molecule has 11 heavy (non-hydrogen) atoms. The molecule has 7 heteroatoms. The summed E-state index contributed by atoms with van der Waals surface area (Å²) < 4.78 is 9.31. The Morgan fingerprint density at radius 3 is 1.00 bits per heavy atom. The molecule has 2 nitrogen and oxygen atoms in total. The second kappa shape index (κ2) is 40.5. The van der Waals surface area contributed by atoms with Gasteiger partial charge in [-0.15, -0.1) is 0 Å². The van der Waals surface area contributed by atoms with Gasteiger partial charge in [-0.2, -0.15) is 0 Å². The van der Waals surface area contributed by atoms with Crippen LogP contribution in [0, 0.1) is 0 Å². The molecule has 0 aliphatic heterocycles. The molecule has 0 aliphatic rings. The quantitative estimate of drug-likeness (QED) is 0.340. The standard InChI is InChI=1S/C4H10O2.4ClH.Hf/c1-5-3-4-6-2;;;;;/h3-4H2,1-2H3;4*1H;/q;;;;;+4/p-4. The van der Waals surface area contributed by atoms with Gasteiger partial charge in [0.05, 0.1) is 13.2 Å². The summed E-state index contributed by atoms with van der Waals surface area (Å²) in [4.78, 5) is 0. The summed E-state index contributed by atoms with van der Waals surface area (Å²) >= 11 is 0. The molecule has 0 bridgehead atoms. The van der Waals surface area contributed by atoms with Crippen LogP contribution in [0.2, 0.25) is 0 Å². The molecule has 0 fully saturated rings. The first-order valence-corrected chi connectivity index (χ1v) is 1.89. The molecule has 0 aromatic carbocycles. The molecule has 0 aromatic rings. The Bertz CT molecular complexity index is 32.1. The monoisotopic (exact) mass is 410 g/mol. The predicted octanol–water partition coefficient (Wildman–Crippen LogP) is -11.7. The summed E-state index contributed by atoms with van der Waals surface area (Å²) in [7, 11) is 3.30. The van der Waals surface area contributed by atoms with Gasteiger partial charge < -0.3 is 59.1 Å².